The standard InChI is InChI=1S/C15H27NO3S/c1-14(2,3)19-11-9-12(20-10-13(17)16-4)15(11)5-7-18-8-6-15/h11-12H,5-10H2,1-4H3,(H,16,17)/t11-,12+/m0/s1. The molecule has 20 heavy (non-hydrogen) atoms. The Bertz CT molecular complexity index is 348. The Balaban J connectivity index is 1.98. The summed E-state index contributed by atoms with van der Waals surface area (Å²) in [6.45, 7) is 7.99. The molecule has 0 bridgehead atoms. The summed E-state index contributed by atoms with van der Waals surface area (Å²) in [5.41, 5.74) is 0.108. The lowest BCUT2D eigenvalue weighted by molar-refractivity contribution is -0.190. The van der Waals surface area contributed by atoms with Gasteiger partial charge in [-0.25, -0.2) is 0 Å². The Morgan fingerprint density at radius 1 is 1.40 bits per heavy atom. The van der Waals surface area contributed by atoms with Gasteiger partial charge in [0.2, 0.25) is 5.91 Å². The molecular weight excluding hydrogens is 274 g/mol. The van der Waals surface area contributed by atoms with Gasteiger partial charge in [0.25, 0.3) is 0 Å². The number of carbonyl (C=O) groups is 1. The number of hydrogen-bond donors (Lipinski definition) is 1. The third-order valence-corrected chi connectivity index (χ3v) is 5.82. The second-order valence-corrected chi connectivity index (χ2v) is 7.96. The maximum Gasteiger partial charge on any atom is 0.229 e. The molecule has 1 amide bonds. The topological polar surface area (TPSA) is 47.6 Å². The van der Waals surface area contributed by atoms with Gasteiger partial charge in [0.1, 0.15) is 0 Å². The summed E-state index contributed by atoms with van der Waals surface area (Å²) < 4.78 is 11.8. The maximum atomic E-state index is 11.4. The highest BCUT2D eigenvalue weighted by molar-refractivity contribution is 8.00. The number of rotatable bonds is 4. The van der Waals surface area contributed by atoms with Gasteiger partial charge in [-0.1, -0.05) is 0 Å². The Hall–Kier alpha value is -0.260. The second-order valence-electron chi connectivity index (χ2n) is 6.77. The van der Waals surface area contributed by atoms with Crippen LogP contribution in [0.4, 0.5) is 0 Å². The van der Waals surface area contributed by atoms with E-state index in [2.05, 4.69) is 26.1 Å². The lowest BCUT2D eigenvalue weighted by Crippen LogP contribution is -2.60. The van der Waals surface area contributed by atoms with Gasteiger partial charge in [-0.15, -0.1) is 11.8 Å². The molecule has 1 heterocycles. The smallest absolute Gasteiger partial charge is 0.229 e. The molecule has 0 aromatic heterocycles. The van der Waals surface area contributed by atoms with Gasteiger partial charge in [0.05, 0.1) is 17.5 Å². The Morgan fingerprint density at radius 2 is 2.05 bits per heavy atom. The summed E-state index contributed by atoms with van der Waals surface area (Å²) in [6, 6.07) is 0. The Morgan fingerprint density at radius 3 is 2.60 bits per heavy atom. The van der Waals surface area contributed by atoms with E-state index in [9.17, 15) is 4.79 Å². The fraction of sp³-hybridized carbons (Fsp3) is 0.933. The molecule has 5 heteroatoms. The van der Waals surface area contributed by atoms with Crippen LogP contribution in [0.2, 0.25) is 0 Å². The molecule has 1 saturated heterocycles. The van der Waals surface area contributed by atoms with Gasteiger partial charge in [-0.05, 0) is 40.0 Å². The first kappa shape index (κ1) is 16.1. The lowest BCUT2D eigenvalue weighted by atomic mass is 9.61. The minimum absolute atomic E-state index is 0.105. The monoisotopic (exact) mass is 301 g/mol. The predicted octanol–water partition coefficient (Wildman–Crippen LogP) is 2.22. The van der Waals surface area contributed by atoms with Crippen LogP contribution in [0.1, 0.15) is 40.0 Å². The van der Waals surface area contributed by atoms with Gasteiger partial charge in [0.15, 0.2) is 0 Å². The average molecular weight is 301 g/mol. The fourth-order valence-corrected chi connectivity index (χ4v) is 4.71. The zero-order valence-electron chi connectivity index (χ0n) is 13.0. The zero-order valence-corrected chi connectivity index (χ0v) is 13.8. The van der Waals surface area contributed by atoms with Gasteiger partial charge < -0.3 is 14.8 Å². The normalized spacial score (nSPS) is 29.0. The van der Waals surface area contributed by atoms with Crippen molar-refractivity contribution in [2.24, 2.45) is 5.41 Å². The van der Waals surface area contributed by atoms with Crippen LogP contribution < -0.4 is 5.32 Å². The van der Waals surface area contributed by atoms with E-state index in [-0.39, 0.29) is 16.9 Å². The minimum Gasteiger partial charge on any atom is -0.381 e. The number of ether oxygens (including phenoxy) is 2. The molecule has 0 unspecified atom stereocenters. The highest BCUT2D eigenvalue weighted by atomic mass is 32.2. The molecule has 2 aliphatic rings. The van der Waals surface area contributed by atoms with Crippen molar-refractivity contribution in [2.75, 3.05) is 26.0 Å². The van der Waals surface area contributed by atoms with E-state index in [0.29, 0.717) is 17.1 Å². The van der Waals surface area contributed by atoms with Crippen molar-refractivity contribution in [3.05, 3.63) is 0 Å². The SMILES string of the molecule is CNC(=O)CS[C@@H]1C[C@H](OC(C)(C)C)C12CCOCC2. The van der Waals surface area contributed by atoms with Crippen molar-refractivity contribution in [1.29, 1.82) is 0 Å². The van der Waals surface area contributed by atoms with E-state index < -0.39 is 0 Å². The van der Waals surface area contributed by atoms with E-state index >= 15 is 0 Å². The summed E-state index contributed by atoms with van der Waals surface area (Å²) in [4.78, 5) is 11.4. The average Bonchev–Trinajstić information content (AvgIpc) is 2.41. The van der Waals surface area contributed by atoms with Gasteiger partial charge in [-0.3, -0.25) is 4.79 Å². The molecule has 0 radical (unpaired) electrons. The molecule has 1 saturated carbocycles. The molecule has 2 atom stereocenters. The summed E-state index contributed by atoms with van der Waals surface area (Å²) in [5.74, 6) is 0.656. The summed E-state index contributed by atoms with van der Waals surface area (Å²) in [5, 5.41) is 3.22. The number of hydrogen-bond acceptors (Lipinski definition) is 4. The lowest BCUT2D eigenvalue weighted by Gasteiger charge is -2.58. The number of amides is 1. The molecule has 1 spiro atoms. The van der Waals surface area contributed by atoms with Crippen LogP contribution in [0.3, 0.4) is 0 Å². The molecule has 4 nitrogen and oxygen atoms in total. The summed E-state index contributed by atoms with van der Waals surface area (Å²) in [6.07, 6.45) is 3.48. The van der Waals surface area contributed by atoms with Crippen LogP contribution in [0.15, 0.2) is 0 Å². The number of thioether (sulfide) groups is 1. The first-order chi connectivity index (χ1) is 9.37. The molecule has 1 aliphatic heterocycles. The fourth-order valence-electron chi connectivity index (χ4n) is 3.18. The van der Waals surface area contributed by atoms with Crippen molar-refractivity contribution in [3.63, 3.8) is 0 Å². The molecule has 1 aliphatic carbocycles. The van der Waals surface area contributed by atoms with Gasteiger partial charge >= 0.3 is 0 Å². The van der Waals surface area contributed by atoms with Crippen LogP contribution in [0.5, 0.6) is 0 Å². The number of nitrogens with one attached hydrogen (secondary N) is 1. The molecule has 0 aromatic rings. The quantitative estimate of drug-likeness (QED) is 0.865. The molecule has 0 aromatic carbocycles. The molecule has 1 N–H and O–H groups in total. The van der Waals surface area contributed by atoms with E-state index in [1.165, 1.54) is 0 Å². The van der Waals surface area contributed by atoms with Gasteiger partial charge in [0, 0.05) is 30.9 Å². The predicted molar refractivity (Wildman–Crippen MR) is 82.0 cm³/mol. The maximum absolute atomic E-state index is 11.4. The first-order valence-electron chi connectivity index (χ1n) is 7.45. The van der Waals surface area contributed by atoms with Crippen molar-refractivity contribution in [1.82, 2.24) is 5.32 Å². The zero-order chi connectivity index (χ0) is 14.8. The van der Waals surface area contributed by atoms with Crippen LogP contribution in [0, 0.1) is 5.41 Å². The van der Waals surface area contributed by atoms with E-state index in [1.54, 1.807) is 18.8 Å². The molecular formula is C15H27NO3S. The van der Waals surface area contributed by atoms with E-state index in [4.69, 9.17) is 9.47 Å². The van der Waals surface area contributed by atoms with Crippen LogP contribution in [-0.4, -0.2) is 48.9 Å². The highest BCUT2D eigenvalue weighted by Crippen LogP contribution is 2.56. The molecule has 116 valence electrons. The second kappa shape index (κ2) is 6.24. The van der Waals surface area contributed by atoms with Crippen LogP contribution in [-0.2, 0) is 14.3 Å². The third-order valence-electron chi connectivity index (χ3n) is 4.32. The Kier molecular flexibility index (Phi) is 5.03. The molecule has 2 rings (SSSR count). The highest BCUT2D eigenvalue weighted by Gasteiger charge is 2.57. The van der Waals surface area contributed by atoms with E-state index in [0.717, 1.165) is 32.5 Å². The minimum atomic E-state index is -0.105. The van der Waals surface area contributed by atoms with Crippen molar-refractivity contribution < 1.29 is 14.3 Å². The van der Waals surface area contributed by atoms with E-state index in [1.807, 2.05) is 0 Å². The van der Waals surface area contributed by atoms with Crippen LogP contribution >= 0.6 is 11.8 Å². The number of carbonyl (C=O) groups excluding carboxylic acids is 1. The Labute approximate surface area is 126 Å². The van der Waals surface area contributed by atoms with Crippen molar-refractivity contribution in [2.45, 2.75) is 57.0 Å². The first-order valence-corrected chi connectivity index (χ1v) is 8.50. The van der Waals surface area contributed by atoms with Crippen molar-refractivity contribution in [3.8, 4) is 0 Å². The summed E-state index contributed by atoms with van der Waals surface area (Å²) >= 11 is 1.78. The van der Waals surface area contributed by atoms with Gasteiger partial charge in [-0.2, -0.15) is 0 Å². The summed E-state index contributed by atoms with van der Waals surface area (Å²) in [7, 11) is 1.69. The molecule has 2 fully saturated rings. The third kappa shape index (κ3) is 3.49. The largest absolute Gasteiger partial charge is 0.381 e. The van der Waals surface area contributed by atoms with Crippen LogP contribution in [0.25, 0.3) is 0 Å². The van der Waals surface area contributed by atoms with Crippen molar-refractivity contribution >= 4 is 17.7 Å².